The first kappa shape index (κ1) is 20.5. The first-order valence-electron chi connectivity index (χ1n) is 8.44. The number of halogens is 2. The second kappa shape index (κ2) is 9.32. The maximum absolute atomic E-state index is 12.1. The summed E-state index contributed by atoms with van der Waals surface area (Å²) in [6.45, 7) is 0.266. The minimum atomic E-state index is -0.424. The molecule has 6 nitrogen and oxygen atoms in total. The van der Waals surface area contributed by atoms with E-state index in [2.05, 4.69) is 10.5 Å². The van der Waals surface area contributed by atoms with Gasteiger partial charge in [-0.1, -0.05) is 29.3 Å². The first-order chi connectivity index (χ1) is 13.9. The van der Waals surface area contributed by atoms with Gasteiger partial charge in [0.25, 0.3) is 5.91 Å². The third-order valence-corrected chi connectivity index (χ3v) is 4.50. The summed E-state index contributed by atoms with van der Waals surface area (Å²) in [6.07, 6.45) is 1.28. The minimum absolute atomic E-state index is 0.0654. The Morgan fingerprint density at radius 2 is 1.79 bits per heavy atom. The molecule has 0 aliphatic carbocycles. The standard InChI is InChI=1S/C21H16Cl2N2O4/c22-16-5-1-15(19(23)9-16)12-29-18-7-3-13(4-8-18)21(28)25-24-11-14-2-6-17(26)10-20(14)27/h1-11,26-27H,12H2,(H,25,28)/b24-11-. The lowest BCUT2D eigenvalue weighted by molar-refractivity contribution is 0.0955. The van der Waals surface area contributed by atoms with Crippen molar-refractivity contribution in [3.63, 3.8) is 0 Å². The molecule has 0 bridgehead atoms. The van der Waals surface area contributed by atoms with Gasteiger partial charge in [-0.15, -0.1) is 0 Å². The second-order valence-corrected chi connectivity index (χ2v) is 6.83. The zero-order valence-corrected chi connectivity index (χ0v) is 16.5. The van der Waals surface area contributed by atoms with Crippen molar-refractivity contribution < 1.29 is 19.7 Å². The third kappa shape index (κ3) is 5.63. The first-order valence-corrected chi connectivity index (χ1v) is 9.20. The summed E-state index contributed by atoms with van der Waals surface area (Å²) < 4.78 is 5.67. The van der Waals surface area contributed by atoms with Crippen LogP contribution in [0, 0.1) is 0 Å². The fraction of sp³-hybridized carbons (Fsp3) is 0.0476. The smallest absolute Gasteiger partial charge is 0.271 e. The van der Waals surface area contributed by atoms with Gasteiger partial charge in [0.2, 0.25) is 0 Å². The van der Waals surface area contributed by atoms with Crippen molar-refractivity contribution in [2.24, 2.45) is 5.10 Å². The van der Waals surface area contributed by atoms with Crippen LogP contribution in [0.25, 0.3) is 0 Å². The molecule has 0 aliphatic rings. The van der Waals surface area contributed by atoms with E-state index in [-0.39, 0.29) is 18.1 Å². The van der Waals surface area contributed by atoms with Crippen molar-refractivity contribution in [1.29, 1.82) is 0 Å². The second-order valence-electron chi connectivity index (χ2n) is 5.99. The highest BCUT2D eigenvalue weighted by molar-refractivity contribution is 6.35. The number of hydrogen-bond donors (Lipinski definition) is 3. The van der Waals surface area contributed by atoms with Crippen LogP contribution < -0.4 is 10.2 Å². The van der Waals surface area contributed by atoms with Gasteiger partial charge in [0.05, 0.1) is 6.21 Å². The largest absolute Gasteiger partial charge is 0.508 e. The summed E-state index contributed by atoms with van der Waals surface area (Å²) in [5, 5.41) is 23.8. The molecule has 0 spiro atoms. The predicted molar refractivity (Wildman–Crippen MR) is 112 cm³/mol. The highest BCUT2D eigenvalue weighted by Gasteiger charge is 2.06. The topological polar surface area (TPSA) is 91.2 Å². The minimum Gasteiger partial charge on any atom is -0.508 e. The Morgan fingerprint density at radius 3 is 2.48 bits per heavy atom. The Labute approximate surface area is 177 Å². The van der Waals surface area contributed by atoms with Crippen LogP contribution in [0.4, 0.5) is 0 Å². The molecule has 0 aromatic heterocycles. The zero-order chi connectivity index (χ0) is 20.8. The molecule has 0 aliphatic heterocycles. The molecule has 0 unspecified atom stereocenters. The Bertz CT molecular complexity index is 1050. The summed E-state index contributed by atoms with van der Waals surface area (Å²) in [6, 6.07) is 15.7. The van der Waals surface area contributed by atoms with Crippen LogP contribution >= 0.6 is 23.2 Å². The molecule has 3 N–H and O–H groups in total. The van der Waals surface area contributed by atoms with E-state index in [0.717, 1.165) is 5.56 Å². The van der Waals surface area contributed by atoms with Crippen molar-refractivity contribution in [3.8, 4) is 17.2 Å². The van der Waals surface area contributed by atoms with E-state index in [9.17, 15) is 15.0 Å². The molecule has 8 heteroatoms. The predicted octanol–water partition coefficient (Wildman–Crippen LogP) is 4.75. The lowest BCUT2D eigenvalue weighted by Crippen LogP contribution is -2.17. The molecule has 3 aromatic carbocycles. The van der Waals surface area contributed by atoms with E-state index in [4.69, 9.17) is 27.9 Å². The van der Waals surface area contributed by atoms with Gasteiger partial charge in [-0.25, -0.2) is 5.43 Å². The highest BCUT2D eigenvalue weighted by Crippen LogP contribution is 2.23. The Hall–Kier alpha value is -3.22. The number of benzene rings is 3. The summed E-state index contributed by atoms with van der Waals surface area (Å²) >= 11 is 12.0. The number of carbonyl (C=O) groups is 1. The average molecular weight is 431 g/mol. The molecule has 29 heavy (non-hydrogen) atoms. The molecular formula is C21H16Cl2N2O4. The molecule has 0 saturated carbocycles. The summed E-state index contributed by atoms with van der Waals surface area (Å²) in [4.78, 5) is 12.1. The third-order valence-electron chi connectivity index (χ3n) is 3.91. The van der Waals surface area contributed by atoms with Gasteiger partial charge in [0.1, 0.15) is 23.9 Å². The molecule has 3 rings (SSSR count). The van der Waals surface area contributed by atoms with Crippen molar-refractivity contribution in [2.75, 3.05) is 0 Å². The van der Waals surface area contributed by atoms with E-state index in [1.165, 1.54) is 24.4 Å². The maximum Gasteiger partial charge on any atom is 0.271 e. The summed E-state index contributed by atoms with van der Waals surface area (Å²) in [7, 11) is 0. The fourth-order valence-corrected chi connectivity index (χ4v) is 2.83. The van der Waals surface area contributed by atoms with Gasteiger partial charge in [-0.05, 0) is 48.5 Å². The molecule has 148 valence electrons. The normalized spacial score (nSPS) is 10.8. The van der Waals surface area contributed by atoms with Crippen molar-refractivity contribution in [1.82, 2.24) is 5.43 Å². The molecule has 1 amide bonds. The molecule has 0 atom stereocenters. The Kier molecular flexibility index (Phi) is 6.59. The molecule has 0 saturated heterocycles. The van der Waals surface area contributed by atoms with Crippen LogP contribution in [0.15, 0.2) is 65.8 Å². The van der Waals surface area contributed by atoms with E-state index >= 15 is 0 Å². The van der Waals surface area contributed by atoms with Crippen LogP contribution in [0.2, 0.25) is 10.0 Å². The van der Waals surface area contributed by atoms with Crippen LogP contribution in [0.1, 0.15) is 21.5 Å². The number of carbonyl (C=O) groups excluding carboxylic acids is 1. The number of phenolic OH excluding ortho intramolecular Hbond substituents is 2. The highest BCUT2D eigenvalue weighted by atomic mass is 35.5. The van der Waals surface area contributed by atoms with E-state index < -0.39 is 5.91 Å². The van der Waals surface area contributed by atoms with Gasteiger partial charge < -0.3 is 14.9 Å². The van der Waals surface area contributed by atoms with Crippen LogP contribution in [0.3, 0.4) is 0 Å². The quantitative estimate of drug-likeness (QED) is 0.388. The van der Waals surface area contributed by atoms with Gasteiger partial charge in [-0.2, -0.15) is 5.10 Å². The fourth-order valence-electron chi connectivity index (χ4n) is 2.37. The number of ether oxygens (including phenoxy) is 1. The molecular weight excluding hydrogens is 415 g/mol. The van der Waals surface area contributed by atoms with Crippen LogP contribution in [0.5, 0.6) is 17.2 Å². The maximum atomic E-state index is 12.1. The van der Waals surface area contributed by atoms with Gasteiger partial charge >= 0.3 is 0 Å². The van der Waals surface area contributed by atoms with Gasteiger partial charge in [0.15, 0.2) is 0 Å². The lowest BCUT2D eigenvalue weighted by Gasteiger charge is -2.08. The van der Waals surface area contributed by atoms with Crippen molar-refractivity contribution in [3.05, 3.63) is 87.4 Å². The van der Waals surface area contributed by atoms with Crippen molar-refractivity contribution >= 4 is 35.3 Å². The number of hydrazone groups is 1. The van der Waals surface area contributed by atoms with E-state index in [0.29, 0.717) is 26.9 Å². The summed E-state index contributed by atoms with van der Waals surface area (Å²) in [5.41, 5.74) is 3.90. The SMILES string of the molecule is O=C(N/N=C\c1ccc(O)cc1O)c1ccc(OCc2ccc(Cl)cc2Cl)cc1. The van der Waals surface area contributed by atoms with Gasteiger partial charge in [-0.3, -0.25) is 4.79 Å². The van der Waals surface area contributed by atoms with E-state index in [1.807, 2.05) is 0 Å². The number of amides is 1. The van der Waals surface area contributed by atoms with Crippen molar-refractivity contribution in [2.45, 2.75) is 6.61 Å². The Morgan fingerprint density at radius 1 is 1.03 bits per heavy atom. The zero-order valence-electron chi connectivity index (χ0n) is 15.0. The molecule has 3 aromatic rings. The van der Waals surface area contributed by atoms with Crippen LogP contribution in [-0.4, -0.2) is 22.3 Å². The Balaban J connectivity index is 1.56. The molecule has 0 heterocycles. The number of hydrogen-bond acceptors (Lipinski definition) is 5. The number of aromatic hydroxyl groups is 2. The lowest BCUT2D eigenvalue weighted by atomic mass is 10.2. The molecule has 0 fully saturated rings. The number of phenols is 2. The van der Waals surface area contributed by atoms with E-state index in [1.54, 1.807) is 42.5 Å². The number of nitrogens with zero attached hydrogens (tertiary/aromatic N) is 1. The average Bonchev–Trinajstić information content (AvgIpc) is 2.69. The number of rotatable bonds is 6. The van der Waals surface area contributed by atoms with Gasteiger partial charge in [0, 0.05) is 32.8 Å². The number of nitrogens with one attached hydrogen (secondary N) is 1. The molecule has 0 radical (unpaired) electrons. The van der Waals surface area contributed by atoms with Crippen LogP contribution in [-0.2, 0) is 6.61 Å². The monoisotopic (exact) mass is 430 g/mol. The summed E-state index contributed by atoms with van der Waals surface area (Å²) in [5.74, 6) is -0.0634.